The van der Waals surface area contributed by atoms with Crippen LogP contribution in [0.15, 0.2) is 30.5 Å². The lowest BCUT2D eigenvalue weighted by atomic mass is 10.1. The molecule has 2 aromatic rings. The molecule has 126 valence electrons. The Morgan fingerprint density at radius 2 is 2.08 bits per heavy atom. The summed E-state index contributed by atoms with van der Waals surface area (Å²) < 4.78 is 5.72. The van der Waals surface area contributed by atoms with E-state index in [2.05, 4.69) is 10.3 Å². The number of rotatable bonds is 5. The van der Waals surface area contributed by atoms with E-state index in [9.17, 15) is 9.59 Å². The fraction of sp³-hybridized carbons (Fsp3) is 0.353. The summed E-state index contributed by atoms with van der Waals surface area (Å²) in [5.74, 6) is -1.16. The molecule has 7 heteroatoms. The van der Waals surface area contributed by atoms with E-state index in [-0.39, 0.29) is 24.0 Å². The number of aromatic carboxylic acids is 1. The molecule has 1 saturated heterocycles. The van der Waals surface area contributed by atoms with Gasteiger partial charge in [-0.3, -0.25) is 4.79 Å². The molecule has 0 spiro atoms. The standard InChI is InChI=1S/C17H18N2O4S/c20-15(9-11-4-6-12(7-5-11)16(21)22)19-17-18-10-14(24-17)13-3-1-2-8-23-13/h4-7,10,13H,1-3,8-9H2,(H,21,22)(H,18,19,20). The predicted molar refractivity (Wildman–Crippen MR) is 90.4 cm³/mol. The fourth-order valence-electron chi connectivity index (χ4n) is 2.57. The van der Waals surface area contributed by atoms with Gasteiger partial charge in [-0.2, -0.15) is 0 Å². The van der Waals surface area contributed by atoms with Gasteiger partial charge < -0.3 is 15.2 Å². The highest BCUT2D eigenvalue weighted by Gasteiger charge is 2.19. The van der Waals surface area contributed by atoms with Crippen LogP contribution < -0.4 is 5.32 Å². The van der Waals surface area contributed by atoms with Gasteiger partial charge in [-0.15, -0.1) is 0 Å². The first-order valence-electron chi connectivity index (χ1n) is 7.81. The lowest BCUT2D eigenvalue weighted by molar-refractivity contribution is -0.115. The Labute approximate surface area is 143 Å². The Bertz CT molecular complexity index is 720. The van der Waals surface area contributed by atoms with Gasteiger partial charge in [0.1, 0.15) is 0 Å². The van der Waals surface area contributed by atoms with Crippen LogP contribution in [0.5, 0.6) is 0 Å². The summed E-state index contributed by atoms with van der Waals surface area (Å²) in [6, 6.07) is 6.28. The highest BCUT2D eigenvalue weighted by molar-refractivity contribution is 7.15. The summed E-state index contributed by atoms with van der Waals surface area (Å²) in [4.78, 5) is 28.2. The minimum atomic E-state index is -0.980. The van der Waals surface area contributed by atoms with E-state index in [1.165, 1.54) is 23.5 Å². The molecule has 6 nitrogen and oxygen atoms in total. The summed E-state index contributed by atoms with van der Waals surface area (Å²) in [6.07, 6.45) is 5.26. The molecule has 1 aromatic heterocycles. The van der Waals surface area contributed by atoms with Gasteiger partial charge in [0.05, 0.1) is 23.0 Å². The van der Waals surface area contributed by atoms with Crippen molar-refractivity contribution in [3.05, 3.63) is 46.5 Å². The van der Waals surface area contributed by atoms with Gasteiger partial charge in [0.15, 0.2) is 5.13 Å². The number of ether oxygens (including phenoxy) is 1. The minimum absolute atomic E-state index is 0.0884. The number of anilines is 1. The van der Waals surface area contributed by atoms with E-state index in [1.807, 2.05) is 0 Å². The van der Waals surface area contributed by atoms with Crippen LogP contribution in [0, 0.1) is 0 Å². The molecule has 0 radical (unpaired) electrons. The molecule has 1 unspecified atom stereocenters. The molecule has 1 aliphatic heterocycles. The van der Waals surface area contributed by atoms with Crippen molar-refractivity contribution in [3.63, 3.8) is 0 Å². The monoisotopic (exact) mass is 346 g/mol. The topological polar surface area (TPSA) is 88.5 Å². The van der Waals surface area contributed by atoms with Crippen LogP contribution in [0.25, 0.3) is 0 Å². The molecular formula is C17H18N2O4S. The van der Waals surface area contributed by atoms with E-state index < -0.39 is 5.97 Å². The second kappa shape index (κ2) is 7.55. The van der Waals surface area contributed by atoms with E-state index in [1.54, 1.807) is 18.3 Å². The van der Waals surface area contributed by atoms with Gasteiger partial charge in [-0.1, -0.05) is 23.5 Å². The molecule has 2 heterocycles. The number of hydrogen-bond acceptors (Lipinski definition) is 5. The van der Waals surface area contributed by atoms with E-state index in [0.29, 0.717) is 5.13 Å². The molecule has 1 amide bonds. The number of carbonyl (C=O) groups excluding carboxylic acids is 1. The second-order valence-corrected chi connectivity index (χ2v) is 6.71. The number of amides is 1. The molecule has 0 saturated carbocycles. The molecule has 24 heavy (non-hydrogen) atoms. The van der Waals surface area contributed by atoms with Crippen molar-refractivity contribution < 1.29 is 19.4 Å². The third-order valence-electron chi connectivity index (χ3n) is 3.83. The van der Waals surface area contributed by atoms with E-state index >= 15 is 0 Å². The zero-order valence-corrected chi connectivity index (χ0v) is 13.8. The molecule has 1 fully saturated rings. The minimum Gasteiger partial charge on any atom is -0.478 e. The maximum Gasteiger partial charge on any atom is 0.335 e. The first-order chi connectivity index (χ1) is 11.6. The SMILES string of the molecule is O=C(Cc1ccc(C(=O)O)cc1)Nc1ncc(C2CCCCO2)s1. The number of hydrogen-bond donors (Lipinski definition) is 2. The number of carboxylic acids is 1. The van der Waals surface area contributed by atoms with Crippen LogP contribution in [0.3, 0.4) is 0 Å². The Morgan fingerprint density at radius 3 is 2.75 bits per heavy atom. The molecule has 3 rings (SSSR count). The molecule has 1 aromatic carbocycles. The van der Waals surface area contributed by atoms with Crippen molar-refractivity contribution in [2.24, 2.45) is 0 Å². The zero-order valence-electron chi connectivity index (χ0n) is 13.0. The van der Waals surface area contributed by atoms with Gasteiger partial charge in [0.2, 0.25) is 5.91 Å². The van der Waals surface area contributed by atoms with Gasteiger partial charge in [-0.25, -0.2) is 9.78 Å². The average molecular weight is 346 g/mol. The fourth-order valence-corrected chi connectivity index (χ4v) is 3.49. The third-order valence-corrected chi connectivity index (χ3v) is 4.84. The Morgan fingerprint density at radius 1 is 1.29 bits per heavy atom. The van der Waals surface area contributed by atoms with Gasteiger partial charge in [0, 0.05) is 12.8 Å². The Hall–Kier alpha value is -2.25. The van der Waals surface area contributed by atoms with Crippen LogP contribution in [-0.2, 0) is 16.0 Å². The summed E-state index contributed by atoms with van der Waals surface area (Å²) in [7, 11) is 0. The zero-order chi connectivity index (χ0) is 16.9. The van der Waals surface area contributed by atoms with Crippen LogP contribution in [-0.4, -0.2) is 28.6 Å². The van der Waals surface area contributed by atoms with Crippen molar-refractivity contribution in [2.45, 2.75) is 31.8 Å². The first kappa shape index (κ1) is 16.6. The van der Waals surface area contributed by atoms with Crippen LogP contribution >= 0.6 is 11.3 Å². The van der Waals surface area contributed by atoms with E-state index in [4.69, 9.17) is 9.84 Å². The number of benzene rings is 1. The van der Waals surface area contributed by atoms with E-state index in [0.717, 1.165) is 36.3 Å². The summed E-state index contributed by atoms with van der Waals surface area (Å²) in [5, 5.41) is 12.2. The molecule has 1 atom stereocenters. The van der Waals surface area contributed by atoms with Crippen LogP contribution in [0.1, 0.15) is 46.2 Å². The highest BCUT2D eigenvalue weighted by atomic mass is 32.1. The average Bonchev–Trinajstić information content (AvgIpc) is 3.04. The molecule has 0 aliphatic carbocycles. The molecule has 0 bridgehead atoms. The Kier molecular flexibility index (Phi) is 5.22. The maximum atomic E-state index is 12.1. The largest absolute Gasteiger partial charge is 0.478 e. The number of carbonyl (C=O) groups is 2. The highest BCUT2D eigenvalue weighted by Crippen LogP contribution is 2.33. The third kappa shape index (κ3) is 4.18. The maximum absolute atomic E-state index is 12.1. The summed E-state index contributed by atoms with van der Waals surface area (Å²) in [5.41, 5.74) is 0.959. The number of thiazole rings is 1. The Balaban J connectivity index is 1.56. The number of aromatic nitrogens is 1. The first-order valence-corrected chi connectivity index (χ1v) is 8.63. The number of carboxylic acid groups (broad SMARTS) is 1. The second-order valence-electron chi connectivity index (χ2n) is 5.65. The lowest BCUT2D eigenvalue weighted by Gasteiger charge is -2.20. The predicted octanol–water partition coefficient (Wildman–Crippen LogP) is 3.26. The molecule has 1 aliphatic rings. The number of nitrogens with one attached hydrogen (secondary N) is 1. The summed E-state index contributed by atoms with van der Waals surface area (Å²) in [6.45, 7) is 0.774. The number of nitrogens with zero attached hydrogens (tertiary/aromatic N) is 1. The quantitative estimate of drug-likeness (QED) is 0.867. The summed E-state index contributed by atoms with van der Waals surface area (Å²) >= 11 is 1.44. The molecular weight excluding hydrogens is 328 g/mol. The molecule has 2 N–H and O–H groups in total. The van der Waals surface area contributed by atoms with Crippen molar-refractivity contribution in [1.82, 2.24) is 4.98 Å². The van der Waals surface area contributed by atoms with Gasteiger partial charge in [0.25, 0.3) is 0 Å². The van der Waals surface area contributed by atoms with Gasteiger partial charge in [-0.05, 0) is 37.0 Å². The lowest BCUT2D eigenvalue weighted by Crippen LogP contribution is -2.14. The van der Waals surface area contributed by atoms with Crippen molar-refractivity contribution >= 4 is 28.3 Å². The van der Waals surface area contributed by atoms with Crippen molar-refractivity contribution in [1.29, 1.82) is 0 Å². The van der Waals surface area contributed by atoms with Crippen LogP contribution in [0.4, 0.5) is 5.13 Å². The van der Waals surface area contributed by atoms with Gasteiger partial charge >= 0.3 is 5.97 Å². The van der Waals surface area contributed by atoms with Crippen LogP contribution in [0.2, 0.25) is 0 Å². The normalized spacial score (nSPS) is 17.4. The smallest absolute Gasteiger partial charge is 0.335 e. The van der Waals surface area contributed by atoms with Crippen molar-refractivity contribution in [3.8, 4) is 0 Å². The van der Waals surface area contributed by atoms with Crippen molar-refractivity contribution in [2.75, 3.05) is 11.9 Å².